The van der Waals surface area contributed by atoms with Crippen molar-refractivity contribution in [1.29, 1.82) is 0 Å². The molecule has 7 heteroatoms. The molecule has 7 nitrogen and oxygen atoms in total. The van der Waals surface area contributed by atoms with Crippen molar-refractivity contribution in [1.82, 2.24) is 9.88 Å². The van der Waals surface area contributed by atoms with Gasteiger partial charge in [0.15, 0.2) is 0 Å². The number of nitrogens with two attached hydrogens (primary N) is 1. The van der Waals surface area contributed by atoms with Gasteiger partial charge >= 0.3 is 0 Å². The van der Waals surface area contributed by atoms with Gasteiger partial charge in [0.05, 0.1) is 11.1 Å². The van der Waals surface area contributed by atoms with E-state index in [0.29, 0.717) is 5.69 Å². The molecule has 2 fully saturated rings. The van der Waals surface area contributed by atoms with Crippen molar-refractivity contribution in [3.63, 3.8) is 0 Å². The van der Waals surface area contributed by atoms with E-state index in [-0.39, 0.29) is 29.7 Å². The number of carbonyl (C=O) groups excluding carboxylic acids is 1. The van der Waals surface area contributed by atoms with Crippen LogP contribution in [0.5, 0.6) is 0 Å². The van der Waals surface area contributed by atoms with Crippen molar-refractivity contribution in [2.45, 2.75) is 56.7 Å². The lowest BCUT2D eigenvalue weighted by molar-refractivity contribution is -0.384. The van der Waals surface area contributed by atoms with E-state index in [1.165, 1.54) is 12.3 Å². The molecule has 0 bridgehead atoms. The van der Waals surface area contributed by atoms with Crippen LogP contribution in [-0.4, -0.2) is 27.5 Å². The number of hydrogen-bond acceptors (Lipinski definition) is 4. The maximum atomic E-state index is 12.4. The molecule has 1 amide bonds. The van der Waals surface area contributed by atoms with Crippen molar-refractivity contribution in [3.8, 4) is 0 Å². The molecule has 2 atom stereocenters. The number of nitrogens with zero attached hydrogens (tertiary/aromatic N) is 2. The van der Waals surface area contributed by atoms with Gasteiger partial charge in [-0.05, 0) is 25.7 Å². The lowest BCUT2D eigenvalue weighted by Crippen LogP contribution is -2.49. The monoisotopic (exact) mass is 292 g/mol. The minimum absolute atomic E-state index is 0.0259. The van der Waals surface area contributed by atoms with Crippen molar-refractivity contribution in [3.05, 3.63) is 28.1 Å². The number of nitro groups is 1. The topological polar surface area (TPSA) is 103 Å². The lowest BCUT2D eigenvalue weighted by atomic mass is 9.91. The minimum Gasteiger partial charge on any atom is -0.346 e. The van der Waals surface area contributed by atoms with Gasteiger partial charge in [0.1, 0.15) is 5.69 Å². The highest BCUT2D eigenvalue weighted by Gasteiger charge is 2.32. The van der Waals surface area contributed by atoms with Gasteiger partial charge in [0.2, 0.25) is 0 Å². The highest BCUT2D eigenvalue weighted by Crippen LogP contribution is 2.38. The SMILES string of the molecule is NC1CCCCC1NC(=O)c1cc([N+](=O)[O-])cn1C1CC1. The van der Waals surface area contributed by atoms with E-state index >= 15 is 0 Å². The third-order valence-electron chi connectivity index (χ3n) is 4.35. The third-order valence-corrected chi connectivity index (χ3v) is 4.35. The Morgan fingerprint density at radius 1 is 1.33 bits per heavy atom. The largest absolute Gasteiger partial charge is 0.346 e. The summed E-state index contributed by atoms with van der Waals surface area (Å²) in [5, 5.41) is 13.9. The summed E-state index contributed by atoms with van der Waals surface area (Å²) in [5.74, 6) is -0.252. The van der Waals surface area contributed by atoms with E-state index < -0.39 is 4.92 Å². The van der Waals surface area contributed by atoms with Crippen LogP contribution in [0.4, 0.5) is 5.69 Å². The second kappa shape index (κ2) is 5.48. The summed E-state index contributed by atoms with van der Waals surface area (Å²) < 4.78 is 1.74. The molecule has 1 aromatic rings. The number of carbonyl (C=O) groups is 1. The molecule has 0 saturated heterocycles. The summed E-state index contributed by atoms with van der Waals surface area (Å²) in [5.41, 5.74) is 6.39. The van der Waals surface area contributed by atoms with Crippen LogP contribution in [0.2, 0.25) is 0 Å². The number of aromatic nitrogens is 1. The highest BCUT2D eigenvalue weighted by atomic mass is 16.6. The van der Waals surface area contributed by atoms with Crippen LogP contribution in [0, 0.1) is 10.1 Å². The molecule has 2 aliphatic carbocycles. The molecular formula is C14H20N4O3. The normalized spacial score (nSPS) is 25.6. The standard InChI is InChI=1S/C14H20N4O3/c15-11-3-1-2-4-12(11)16-14(19)13-7-10(18(20)21)8-17(13)9-5-6-9/h7-9,11-12H,1-6,15H2,(H,16,19). The van der Waals surface area contributed by atoms with Gasteiger partial charge in [-0.3, -0.25) is 14.9 Å². The predicted octanol–water partition coefficient (Wildman–Crippen LogP) is 1.73. The second-order valence-corrected chi connectivity index (χ2v) is 6.01. The van der Waals surface area contributed by atoms with Gasteiger partial charge in [-0.25, -0.2) is 0 Å². The zero-order chi connectivity index (χ0) is 15.0. The Morgan fingerprint density at radius 3 is 2.67 bits per heavy atom. The first-order valence-corrected chi connectivity index (χ1v) is 7.49. The average molecular weight is 292 g/mol. The van der Waals surface area contributed by atoms with Crippen molar-refractivity contribution in [2.24, 2.45) is 5.73 Å². The summed E-state index contributed by atoms with van der Waals surface area (Å²) >= 11 is 0. The van der Waals surface area contributed by atoms with Gasteiger partial charge < -0.3 is 15.6 Å². The van der Waals surface area contributed by atoms with Crippen LogP contribution >= 0.6 is 0 Å². The predicted molar refractivity (Wildman–Crippen MR) is 77.1 cm³/mol. The number of amides is 1. The quantitative estimate of drug-likeness (QED) is 0.651. The summed E-state index contributed by atoms with van der Waals surface area (Å²) in [4.78, 5) is 22.9. The maximum absolute atomic E-state index is 12.4. The first-order valence-electron chi connectivity index (χ1n) is 7.49. The van der Waals surface area contributed by atoms with E-state index in [9.17, 15) is 14.9 Å². The minimum atomic E-state index is -0.456. The first-order chi connectivity index (χ1) is 10.1. The Morgan fingerprint density at radius 2 is 2.05 bits per heavy atom. The number of hydrogen-bond donors (Lipinski definition) is 2. The second-order valence-electron chi connectivity index (χ2n) is 6.01. The Kier molecular flexibility index (Phi) is 3.67. The van der Waals surface area contributed by atoms with Gasteiger partial charge in [0.25, 0.3) is 11.6 Å². The van der Waals surface area contributed by atoms with E-state index in [0.717, 1.165) is 38.5 Å². The molecule has 2 aliphatic rings. The summed E-state index contributed by atoms with van der Waals surface area (Å²) in [6, 6.07) is 1.52. The first kappa shape index (κ1) is 14.1. The van der Waals surface area contributed by atoms with E-state index in [2.05, 4.69) is 5.32 Å². The van der Waals surface area contributed by atoms with Crippen LogP contribution in [0.15, 0.2) is 12.3 Å². The van der Waals surface area contributed by atoms with Crippen LogP contribution in [0.25, 0.3) is 0 Å². The zero-order valence-electron chi connectivity index (χ0n) is 11.8. The number of nitrogens with one attached hydrogen (secondary N) is 1. The van der Waals surface area contributed by atoms with Gasteiger partial charge in [-0.2, -0.15) is 0 Å². The molecule has 1 heterocycles. The lowest BCUT2D eigenvalue weighted by Gasteiger charge is -2.29. The van der Waals surface area contributed by atoms with Crippen LogP contribution in [0.1, 0.15) is 55.1 Å². The fraction of sp³-hybridized carbons (Fsp3) is 0.643. The van der Waals surface area contributed by atoms with Gasteiger partial charge in [-0.1, -0.05) is 12.8 Å². The molecule has 0 spiro atoms. The molecule has 0 radical (unpaired) electrons. The van der Waals surface area contributed by atoms with Crippen LogP contribution < -0.4 is 11.1 Å². The van der Waals surface area contributed by atoms with E-state index in [1.807, 2.05) is 0 Å². The van der Waals surface area contributed by atoms with E-state index in [4.69, 9.17) is 5.73 Å². The molecule has 0 aliphatic heterocycles. The average Bonchev–Trinajstić information content (AvgIpc) is 3.19. The fourth-order valence-corrected chi connectivity index (χ4v) is 2.98. The van der Waals surface area contributed by atoms with Crippen molar-refractivity contribution >= 4 is 11.6 Å². The maximum Gasteiger partial charge on any atom is 0.287 e. The van der Waals surface area contributed by atoms with Gasteiger partial charge in [0, 0.05) is 24.2 Å². The molecule has 3 N–H and O–H groups in total. The van der Waals surface area contributed by atoms with Crippen molar-refractivity contribution in [2.75, 3.05) is 0 Å². The molecule has 2 saturated carbocycles. The Labute approximate surface area is 122 Å². The van der Waals surface area contributed by atoms with Crippen LogP contribution in [0.3, 0.4) is 0 Å². The molecule has 21 heavy (non-hydrogen) atoms. The fourth-order valence-electron chi connectivity index (χ4n) is 2.98. The molecule has 1 aromatic heterocycles. The van der Waals surface area contributed by atoms with Crippen molar-refractivity contribution < 1.29 is 9.72 Å². The van der Waals surface area contributed by atoms with E-state index in [1.54, 1.807) is 4.57 Å². The highest BCUT2D eigenvalue weighted by molar-refractivity contribution is 5.94. The zero-order valence-corrected chi connectivity index (χ0v) is 11.8. The Balaban J connectivity index is 1.78. The summed E-state index contributed by atoms with van der Waals surface area (Å²) in [6.45, 7) is 0. The summed E-state index contributed by atoms with van der Waals surface area (Å²) in [7, 11) is 0. The smallest absolute Gasteiger partial charge is 0.287 e. The molecule has 3 rings (SSSR count). The Hall–Kier alpha value is -1.89. The third kappa shape index (κ3) is 2.92. The Bertz CT molecular complexity index is 565. The molecule has 114 valence electrons. The number of rotatable bonds is 4. The van der Waals surface area contributed by atoms with Gasteiger partial charge in [-0.15, -0.1) is 0 Å². The molecule has 0 aromatic carbocycles. The molecule has 2 unspecified atom stereocenters. The molecular weight excluding hydrogens is 272 g/mol. The van der Waals surface area contributed by atoms with Crippen LogP contribution in [-0.2, 0) is 0 Å². The summed E-state index contributed by atoms with van der Waals surface area (Å²) in [6.07, 6.45) is 7.34.